The Morgan fingerprint density at radius 2 is 1.81 bits per heavy atom. The van der Waals surface area contributed by atoms with Crippen LogP contribution in [0.5, 0.6) is 0 Å². The van der Waals surface area contributed by atoms with Crippen molar-refractivity contribution >= 4 is 16.2 Å². The van der Waals surface area contributed by atoms with E-state index in [0.717, 1.165) is 17.4 Å². The zero-order chi connectivity index (χ0) is 12.2. The van der Waals surface area contributed by atoms with Gasteiger partial charge < -0.3 is 0 Å². The number of rotatable bonds is 4. The van der Waals surface area contributed by atoms with Crippen molar-refractivity contribution in [3.05, 3.63) is 40.8 Å². The van der Waals surface area contributed by atoms with Gasteiger partial charge in [0.25, 0.3) is 10.1 Å². The first kappa shape index (κ1) is 12.9. The molecule has 1 rings (SSSR count). The van der Waals surface area contributed by atoms with Crippen LogP contribution in [-0.2, 0) is 16.5 Å². The van der Waals surface area contributed by atoms with E-state index in [2.05, 4.69) is 13.8 Å². The van der Waals surface area contributed by atoms with Gasteiger partial charge in [0.05, 0.1) is 5.41 Å². The molecule has 0 saturated heterocycles. The van der Waals surface area contributed by atoms with E-state index in [9.17, 15) is 8.42 Å². The predicted octanol–water partition coefficient (Wildman–Crippen LogP) is 2.74. The van der Waals surface area contributed by atoms with Gasteiger partial charge in [-0.15, -0.1) is 0 Å². The smallest absolute Gasteiger partial charge is 0.282 e. The number of hydrogen-bond donors (Lipinski definition) is 1. The highest BCUT2D eigenvalue weighted by Gasteiger charge is 1.98. The van der Waals surface area contributed by atoms with E-state index >= 15 is 0 Å². The molecule has 0 amide bonds. The van der Waals surface area contributed by atoms with Crippen LogP contribution in [0.15, 0.2) is 29.7 Å². The Labute approximate surface area is 96.6 Å². The Balaban J connectivity index is 2.76. The molecule has 16 heavy (non-hydrogen) atoms. The number of benzene rings is 1. The highest BCUT2D eigenvalue weighted by Crippen LogP contribution is 2.11. The molecule has 0 saturated carbocycles. The van der Waals surface area contributed by atoms with E-state index < -0.39 is 10.1 Å². The lowest BCUT2D eigenvalue weighted by Gasteiger charge is -2.04. The van der Waals surface area contributed by atoms with Crippen molar-refractivity contribution < 1.29 is 13.0 Å². The molecule has 1 aromatic carbocycles. The van der Waals surface area contributed by atoms with Gasteiger partial charge in [-0.1, -0.05) is 38.1 Å². The Morgan fingerprint density at radius 3 is 2.25 bits per heavy atom. The van der Waals surface area contributed by atoms with Crippen LogP contribution in [0.4, 0.5) is 0 Å². The number of hydrogen-bond acceptors (Lipinski definition) is 2. The summed E-state index contributed by atoms with van der Waals surface area (Å²) in [6, 6.07) is 7.59. The lowest BCUT2D eigenvalue weighted by molar-refractivity contribution is 0.494. The van der Waals surface area contributed by atoms with Gasteiger partial charge in [-0.3, -0.25) is 4.55 Å². The first-order valence-corrected chi connectivity index (χ1v) is 6.61. The molecule has 88 valence electrons. The molecule has 0 fully saturated rings. The van der Waals surface area contributed by atoms with Crippen molar-refractivity contribution in [2.75, 3.05) is 0 Å². The summed E-state index contributed by atoms with van der Waals surface area (Å²) in [6.07, 6.45) is 2.37. The fourth-order valence-electron chi connectivity index (χ4n) is 1.40. The third-order valence-electron chi connectivity index (χ3n) is 2.06. The van der Waals surface area contributed by atoms with Crippen molar-refractivity contribution in [3.8, 4) is 0 Å². The third kappa shape index (κ3) is 5.09. The monoisotopic (exact) mass is 240 g/mol. The minimum atomic E-state index is -4.03. The molecule has 1 N–H and O–H groups in total. The molecule has 0 aliphatic carbocycles. The molecule has 0 aliphatic rings. The van der Waals surface area contributed by atoms with Crippen LogP contribution >= 0.6 is 0 Å². The normalized spacial score (nSPS) is 12.5. The average Bonchev–Trinajstić information content (AvgIpc) is 2.14. The van der Waals surface area contributed by atoms with Crippen molar-refractivity contribution in [2.24, 2.45) is 5.92 Å². The van der Waals surface area contributed by atoms with Crippen LogP contribution < -0.4 is 0 Å². The van der Waals surface area contributed by atoms with Crippen LogP contribution in [0, 0.1) is 5.92 Å². The zero-order valence-electron chi connectivity index (χ0n) is 9.42. The molecule has 0 aliphatic heterocycles. The summed E-state index contributed by atoms with van der Waals surface area (Å²) < 4.78 is 29.5. The molecular weight excluding hydrogens is 224 g/mol. The quantitative estimate of drug-likeness (QED) is 0.823. The molecule has 0 unspecified atom stereocenters. The van der Waals surface area contributed by atoms with Crippen LogP contribution in [0.1, 0.15) is 25.0 Å². The summed E-state index contributed by atoms with van der Waals surface area (Å²) in [6.45, 7) is 4.29. The van der Waals surface area contributed by atoms with E-state index in [1.54, 1.807) is 0 Å². The van der Waals surface area contributed by atoms with Gasteiger partial charge in [0.1, 0.15) is 0 Å². The second kappa shape index (κ2) is 5.27. The van der Waals surface area contributed by atoms with E-state index in [-0.39, 0.29) is 0 Å². The summed E-state index contributed by atoms with van der Waals surface area (Å²) in [5.74, 6) is 0.596. The highest BCUT2D eigenvalue weighted by molar-refractivity contribution is 7.88. The second-order valence-corrected chi connectivity index (χ2v) is 5.46. The van der Waals surface area contributed by atoms with E-state index in [0.29, 0.717) is 5.92 Å². The van der Waals surface area contributed by atoms with Crippen molar-refractivity contribution in [1.29, 1.82) is 0 Å². The van der Waals surface area contributed by atoms with Gasteiger partial charge in [-0.05, 0) is 29.5 Å². The Kier molecular flexibility index (Phi) is 4.26. The van der Waals surface area contributed by atoms with Crippen LogP contribution in [0.3, 0.4) is 0 Å². The van der Waals surface area contributed by atoms with Gasteiger partial charge in [0.15, 0.2) is 0 Å². The van der Waals surface area contributed by atoms with E-state index in [4.69, 9.17) is 4.55 Å². The Morgan fingerprint density at radius 1 is 1.25 bits per heavy atom. The van der Waals surface area contributed by atoms with Gasteiger partial charge in [-0.2, -0.15) is 8.42 Å². The van der Waals surface area contributed by atoms with Crippen LogP contribution in [-0.4, -0.2) is 13.0 Å². The third-order valence-corrected chi connectivity index (χ3v) is 2.54. The summed E-state index contributed by atoms with van der Waals surface area (Å²) in [4.78, 5) is 0. The molecule has 0 spiro atoms. The minimum Gasteiger partial charge on any atom is -0.282 e. The Bertz CT molecular complexity index is 456. The highest BCUT2D eigenvalue weighted by atomic mass is 32.2. The van der Waals surface area contributed by atoms with Crippen molar-refractivity contribution in [1.82, 2.24) is 0 Å². The summed E-state index contributed by atoms with van der Waals surface area (Å²) in [7, 11) is -4.03. The Hall–Kier alpha value is -1.13. The zero-order valence-corrected chi connectivity index (χ0v) is 10.2. The topological polar surface area (TPSA) is 54.4 Å². The first-order chi connectivity index (χ1) is 7.37. The molecule has 3 nitrogen and oxygen atoms in total. The predicted molar refractivity (Wildman–Crippen MR) is 65.6 cm³/mol. The lowest BCUT2D eigenvalue weighted by Crippen LogP contribution is -1.93. The molecular formula is C12H16O3S. The van der Waals surface area contributed by atoms with Crippen LogP contribution in [0.2, 0.25) is 0 Å². The summed E-state index contributed by atoms with van der Waals surface area (Å²) in [5, 5.41) is 0.782. The molecule has 0 aromatic heterocycles. The van der Waals surface area contributed by atoms with Gasteiger partial charge >= 0.3 is 0 Å². The first-order valence-electron chi connectivity index (χ1n) is 5.11. The van der Waals surface area contributed by atoms with E-state index in [1.165, 1.54) is 11.6 Å². The fourth-order valence-corrected chi connectivity index (χ4v) is 1.73. The van der Waals surface area contributed by atoms with Crippen LogP contribution in [0.25, 0.3) is 6.08 Å². The molecule has 0 bridgehead atoms. The van der Waals surface area contributed by atoms with Crippen molar-refractivity contribution in [3.63, 3.8) is 0 Å². The molecule has 0 radical (unpaired) electrons. The standard InChI is InChI=1S/C12H16O3S/c1-10(2)9-12-5-3-11(4-6-12)7-8-16(13,14)15/h3-8,10H,9H2,1-2H3,(H,13,14,15)/b8-7+. The summed E-state index contributed by atoms with van der Waals surface area (Å²) >= 11 is 0. The van der Waals surface area contributed by atoms with Gasteiger partial charge in [-0.25, -0.2) is 0 Å². The van der Waals surface area contributed by atoms with Crippen molar-refractivity contribution in [2.45, 2.75) is 20.3 Å². The average molecular weight is 240 g/mol. The SMILES string of the molecule is CC(C)Cc1ccc(/C=C/S(=O)(=O)O)cc1. The van der Waals surface area contributed by atoms with Gasteiger partial charge in [0, 0.05) is 0 Å². The largest absolute Gasteiger partial charge is 0.287 e. The maximum atomic E-state index is 10.5. The molecule has 4 heteroatoms. The lowest BCUT2D eigenvalue weighted by atomic mass is 10.0. The molecule has 0 atom stereocenters. The maximum absolute atomic E-state index is 10.5. The van der Waals surface area contributed by atoms with E-state index in [1.807, 2.05) is 24.3 Å². The maximum Gasteiger partial charge on any atom is 0.287 e. The summed E-state index contributed by atoms with van der Waals surface area (Å²) in [5.41, 5.74) is 1.98. The molecule has 1 aromatic rings. The minimum absolute atomic E-state index is 0.596. The molecule has 0 heterocycles. The van der Waals surface area contributed by atoms with Gasteiger partial charge in [0.2, 0.25) is 0 Å². The second-order valence-electron chi connectivity index (χ2n) is 4.16. The fraction of sp³-hybridized carbons (Fsp3) is 0.333.